The molecule has 1 N–H and O–H groups in total. The third-order valence-electron chi connectivity index (χ3n) is 4.66. The molecule has 5 heteroatoms. The van der Waals surface area contributed by atoms with E-state index in [1.165, 1.54) is 0 Å². The predicted octanol–water partition coefficient (Wildman–Crippen LogP) is 0.733. The average Bonchev–Trinajstić information content (AvgIpc) is 3.01. The zero-order valence-corrected chi connectivity index (χ0v) is 10.5. The molecule has 3 aliphatic heterocycles. The number of nitrogens with zero attached hydrogens (tertiary/aromatic N) is 1. The lowest BCUT2D eigenvalue weighted by Crippen LogP contribution is -2.39. The molecular weight excluding hydrogens is 234 g/mol. The summed E-state index contributed by atoms with van der Waals surface area (Å²) in [6.45, 7) is 2.84. The predicted molar refractivity (Wildman–Crippen MR) is 62.9 cm³/mol. The van der Waals surface area contributed by atoms with Crippen LogP contribution >= 0.6 is 0 Å². The summed E-state index contributed by atoms with van der Waals surface area (Å²) in [6.07, 6.45) is 3.22. The largest absolute Gasteiger partial charge is 0.481 e. The van der Waals surface area contributed by atoms with Gasteiger partial charge in [0.1, 0.15) is 0 Å². The molecule has 5 atom stereocenters. The van der Waals surface area contributed by atoms with Crippen molar-refractivity contribution in [2.75, 3.05) is 13.1 Å². The number of rotatable bonds is 2. The number of ether oxygens (including phenoxy) is 1. The molecule has 0 saturated carbocycles. The van der Waals surface area contributed by atoms with E-state index in [2.05, 4.69) is 0 Å². The highest BCUT2D eigenvalue weighted by Gasteiger charge is 2.47. The third kappa shape index (κ3) is 1.81. The van der Waals surface area contributed by atoms with Crippen LogP contribution in [0, 0.1) is 17.8 Å². The summed E-state index contributed by atoms with van der Waals surface area (Å²) in [6, 6.07) is 0. The quantitative estimate of drug-likeness (QED) is 0.788. The van der Waals surface area contributed by atoms with E-state index in [0.717, 1.165) is 19.3 Å². The van der Waals surface area contributed by atoms with Crippen LogP contribution < -0.4 is 0 Å². The van der Waals surface area contributed by atoms with Crippen LogP contribution in [-0.2, 0) is 14.3 Å². The molecule has 1 amide bonds. The molecule has 3 unspecified atom stereocenters. The van der Waals surface area contributed by atoms with Gasteiger partial charge in [-0.3, -0.25) is 9.59 Å². The fraction of sp³-hybridized carbons (Fsp3) is 0.846. The molecule has 18 heavy (non-hydrogen) atoms. The van der Waals surface area contributed by atoms with Crippen molar-refractivity contribution in [2.45, 2.75) is 38.4 Å². The zero-order chi connectivity index (χ0) is 12.9. The Balaban J connectivity index is 1.66. The van der Waals surface area contributed by atoms with E-state index in [-0.39, 0.29) is 30.0 Å². The molecule has 3 rings (SSSR count). The van der Waals surface area contributed by atoms with Crippen LogP contribution in [0.1, 0.15) is 26.2 Å². The Labute approximate surface area is 106 Å². The van der Waals surface area contributed by atoms with Gasteiger partial charge in [-0.1, -0.05) is 6.92 Å². The van der Waals surface area contributed by atoms with E-state index < -0.39 is 11.9 Å². The molecular formula is C13H19NO4. The number of carbonyl (C=O) groups excluding carboxylic acids is 1. The zero-order valence-electron chi connectivity index (χ0n) is 10.5. The molecule has 100 valence electrons. The topological polar surface area (TPSA) is 66.8 Å². The van der Waals surface area contributed by atoms with Gasteiger partial charge < -0.3 is 14.7 Å². The summed E-state index contributed by atoms with van der Waals surface area (Å²) < 4.78 is 5.70. The summed E-state index contributed by atoms with van der Waals surface area (Å²) in [5, 5.41) is 9.09. The first kappa shape index (κ1) is 12.0. The second kappa shape index (κ2) is 4.23. The molecule has 5 nitrogen and oxygen atoms in total. The normalized spacial score (nSPS) is 42.5. The van der Waals surface area contributed by atoms with Crippen molar-refractivity contribution in [2.24, 2.45) is 17.8 Å². The van der Waals surface area contributed by atoms with Crippen LogP contribution in [0.2, 0.25) is 0 Å². The number of likely N-dealkylation sites (tertiary alicyclic amines) is 1. The number of carboxylic acid groups (broad SMARTS) is 1. The van der Waals surface area contributed by atoms with Gasteiger partial charge in [-0.25, -0.2) is 0 Å². The Morgan fingerprint density at radius 3 is 2.50 bits per heavy atom. The second-order valence-electron chi connectivity index (χ2n) is 5.88. The SMILES string of the molecule is C[C@@H]1CN(C(=O)C2CC3CCC2O3)C[C@H]1C(=O)O. The Bertz CT molecular complexity index is 383. The van der Waals surface area contributed by atoms with Crippen molar-refractivity contribution in [3.8, 4) is 0 Å². The number of amides is 1. The maximum Gasteiger partial charge on any atom is 0.308 e. The summed E-state index contributed by atoms with van der Waals surface area (Å²) in [5.74, 6) is -1.07. The summed E-state index contributed by atoms with van der Waals surface area (Å²) in [4.78, 5) is 25.2. The number of aliphatic carboxylic acids is 1. The van der Waals surface area contributed by atoms with E-state index in [9.17, 15) is 9.59 Å². The van der Waals surface area contributed by atoms with Crippen molar-refractivity contribution >= 4 is 11.9 Å². The highest BCUT2D eigenvalue weighted by atomic mass is 16.5. The Kier molecular flexibility index (Phi) is 2.81. The third-order valence-corrected chi connectivity index (χ3v) is 4.66. The first-order chi connectivity index (χ1) is 8.56. The van der Waals surface area contributed by atoms with Crippen molar-refractivity contribution in [3.63, 3.8) is 0 Å². The fourth-order valence-electron chi connectivity index (χ4n) is 3.60. The minimum atomic E-state index is -0.790. The molecule has 3 saturated heterocycles. The standard InChI is InChI=1S/C13H19NO4/c1-7-5-14(6-10(7)13(16)17)12(15)9-4-8-2-3-11(9)18-8/h7-11H,2-6H2,1H3,(H,16,17)/t7-,8?,9?,10-,11?/m1/s1. The lowest BCUT2D eigenvalue weighted by atomic mass is 9.88. The van der Waals surface area contributed by atoms with Crippen LogP contribution in [0.25, 0.3) is 0 Å². The van der Waals surface area contributed by atoms with Gasteiger partial charge in [0.05, 0.1) is 24.0 Å². The molecule has 2 bridgehead atoms. The molecule has 0 aromatic carbocycles. The van der Waals surface area contributed by atoms with Crippen LogP contribution in [-0.4, -0.2) is 47.2 Å². The van der Waals surface area contributed by atoms with Crippen LogP contribution in [0.3, 0.4) is 0 Å². The van der Waals surface area contributed by atoms with Gasteiger partial charge in [-0.2, -0.15) is 0 Å². The van der Waals surface area contributed by atoms with Crippen molar-refractivity contribution in [3.05, 3.63) is 0 Å². The van der Waals surface area contributed by atoms with E-state index in [4.69, 9.17) is 9.84 Å². The Morgan fingerprint density at radius 2 is 2.00 bits per heavy atom. The first-order valence-corrected chi connectivity index (χ1v) is 6.73. The Hall–Kier alpha value is -1.10. The minimum absolute atomic E-state index is 0.0245. The number of fused-ring (bicyclic) bond motifs is 2. The van der Waals surface area contributed by atoms with Crippen molar-refractivity contribution in [1.29, 1.82) is 0 Å². The number of hydrogen-bond acceptors (Lipinski definition) is 3. The van der Waals surface area contributed by atoms with Crippen molar-refractivity contribution in [1.82, 2.24) is 4.90 Å². The maximum atomic E-state index is 12.4. The number of carboxylic acids is 1. The van der Waals surface area contributed by atoms with Gasteiger partial charge in [-0.15, -0.1) is 0 Å². The lowest BCUT2D eigenvalue weighted by molar-refractivity contribution is -0.142. The van der Waals surface area contributed by atoms with Gasteiger partial charge in [0.25, 0.3) is 0 Å². The highest BCUT2D eigenvalue weighted by molar-refractivity contribution is 5.82. The minimum Gasteiger partial charge on any atom is -0.481 e. The fourth-order valence-corrected chi connectivity index (χ4v) is 3.60. The molecule has 3 fully saturated rings. The van der Waals surface area contributed by atoms with Gasteiger partial charge in [0, 0.05) is 13.1 Å². The average molecular weight is 253 g/mol. The van der Waals surface area contributed by atoms with Crippen LogP contribution in [0.15, 0.2) is 0 Å². The molecule has 3 heterocycles. The number of hydrogen-bond donors (Lipinski definition) is 1. The smallest absolute Gasteiger partial charge is 0.308 e. The van der Waals surface area contributed by atoms with Gasteiger partial charge in [0.2, 0.25) is 5.91 Å². The first-order valence-electron chi connectivity index (χ1n) is 6.73. The number of carbonyl (C=O) groups is 2. The maximum absolute atomic E-state index is 12.4. The van der Waals surface area contributed by atoms with Gasteiger partial charge >= 0.3 is 5.97 Å². The molecule has 3 aliphatic rings. The molecule has 0 spiro atoms. The van der Waals surface area contributed by atoms with E-state index in [1.54, 1.807) is 4.90 Å². The molecule has 0 radical (unpaired) electrons. The summed E-state index contributed by atoms with van der Waals surface area (Å²) >= 11 is 0. The van der Waals surface area contributed by atoms with E-state index >= 15 is 0 Å². The summed E-state index contributed by atoms with van der Waals surface area (Å²) in [5.41, 5.74) is 0. The van der Waals surface area contributed by atoms with Gasteiger partial charge in [-0.05, 0) is 25.2 Å². The molecule has 0 aromatic rings. The second-order valence-corrected chi connectivity index (χ2v) is 5.88. The van der Waals surface area contributed by atoms with Crippen LogP contribution in [0.4, 0.5) is 0 Å². The van der Waals surface area contributed by atoms with E-state index in [0.29, 0.717) is 13.1 Å². The molecule has 0 aliphatic carbocycles. The van der Waals surface area contributed by atoms with Crippen LogP contribution in [0.5, 0.6) is 0 Å². The van der Waals surface area contributed by atoms with Crippen molar-refractivity contribution < 1.29 is 19.4 Å². The highest BCUT2D eigenvalue weighted by Crippen LogP contribution is 2.40. The lowest BCUT2D eigenvalue weighted by Gasteiger charge is -2.24. The summed E-state index contributed by atoms with van der Waals surface area (Å²) in [7, 11) is 0. The van der Waals surface area contributed by atoms with E-state index in [1.807, 2.05) is 6.92 Å². The Morgan fingerprint density at radius 1 is 1.22 bits per heavy atom. The monoisotopic (exact) mass is 253 g/mol. The van der Waals surface area contributed by atoms with Gasteiger partial charge in [0.15, 0.2) is 0 Å². The molecule has 0 aromatic heterocycles.